The van der Waals surface area contributed by atoms with E-state index in [4.69, 9.17) is 9.40 Å². The molecular weight excluding hydrogens is 731 g/mol. The number of aromatic nitrogens is 3. The van der Waals surface area contributed by atoms with Crippen molar-refractivity contribution in [3.63, 3.8) is 0 Å². The minimum Gasteiger partial charge on any atom is -0.486 e. The molecule has 4 aromatic carbocycles. The van der Waals surface area contributed by atoms with Gasteiger partial charge in [0.05, 0.1) is 5.58 Å². The summed E-state index contributed by atoms with van der Waals surface area (Å²) < 4.78 is 6.17. The third-order valence-electron chi connectivity index (χ3n) is 7.75. The van der Waals surface area contributed by atoms with Gasteiger partial charge < -0.3 is 14.4 Å². The molecule has 5 heteroatoms. The smallest absolute Gasteiger partial charge is 0.216 e. The van der Waals surface area contributed by atoms with E-state index >= 15 is 0 Å². The largest absolute Gasteiger partial charge is 0.486 e. The van der Waals surface area contributed by atoms with Crippen LogP contribution in [-0.2, 0) is 20.1 Å². The van der Waals surface area contributed by atoms with E-state index in [0.29, 0.717) is 5.71 Å². The molecule has 1 radical (unpaired) electrons. The van der Waals surface area contributed by atoms with Crippen molar-refractivity contribution in [1.29, 1.82) is 0 Å². The normalized spacial score (nSPS) is 10.8. The maximum absolute atomic E-state index is 6.17. The summed E-state index contributed by atoms with van der Waals surface area (Å²) in [5, 5.41) is 4.51. The molecule has 0 aliphatic heterocycles. The molecule has 0 aliphatic carbocycles. The van der Waals surface area contributed by atoms with Crippen LogP contribution in [0, 0.1) is 32.9 Å². The van der Waals surface area contributed by atoms with Gasteiger partial charge in [-0.3, -0.25) is 0 Å². The number of furan rings is 1. The number of aryl methyl sites for hydroxylation is 3. The van der Waals surface area contributed by atoms with Crippen molar-refractivity contribution in [3.8, 4) is 33.6 Å². The van der Waals surface area contributed by atoms with Crippen LogP contribution in [0.2, 0.25) is 0 Å². The Morgan fingerprint density at radius 1 is 0.644 bits per heavy atom. The number of nitrogens with zero attached hydrogens (tertiary/aromatic N) is 3. The van der Waals surface area contributed by atoms with E-state index in [-0.39, 0.29) is 20.1 Å². The molecular formula is C40H29IrN3O-2. The monoisotopic (exact) mass is 760 g/mol. The Balaban J connectivity index is 0.000000215. The van der Waals surface area contributed by atoms with E-state index in [0.717, 1.165) is 55.7 Å². The van der Waals surface area contributed by atoms with E-state index in [1.165, 1.54) is 21.9 Å². The van der Waals surface area contributed by atoms with Gasteiger partial charge in [-0.05, 0) is 83.4 Å². The first-order valence-electron chi connectivity index (χ1n) is 14.6. The molecule has 0 aliphatic rings. The van der Waals surface area contributed by atoms with Crippen molar-refractivity contribution < 1.29 is 24.5 Å². The van der Waals surface area contributed by atoms with Crippen LogP contribution < -0.4 is 0 Å². The van der Waals surface area contributed by atoms with Crippen molar-refractivity contribution in [3.05, 3.63) is 151 Å². The first-order valence-corrected chi connectivity index (χ1v) is 14.6. The Kier molecular flexibility index (Phi) is 8.66. The van der Waals surface area contributed by atoms with Gasteiger partial charge in [0.2, 0.25) is 5.71 Å². The summed E-state index contributed by atoms with van der Waals surface area (Å²) >= 11 is 0. The zero-order valence-electron chi connectivity index (χ0n) is 25.1. The first-order chi connectivity index (χ1) is 21.5. The Hall–Kier alpha value is -4.96. The zero-order valence-corrected chi connectivity index (χ0v) is 27.5. The standard InChI is InChI=1S/C28H19N2O.C12H10N.Ir/c1-17-16-29-26(15-25(17)21-12-11-19-6-3-4-7-20(19)14-21)24-9-5-8-22-23-13-10-18(2)30-28(23)31-27(22)24;1-10-7-8-12(13-9-10)11-5-3-2-4-6-11;/h3-8,10-16H,1-2H3;2-5,7-9H,1H3;/q2*-1;. The molecule has 8 aromatic rings. The zero-order chi connectivity index (χ0) is 30.0. The molecule has 0 N–H and O–H groups in total. The minimum absolute atomic E-state index is 0. The van der Waals surface area contributed by atoms with Gasteiger partial charge in [-0.1, -0.05) is 65.5 Å². The van der Waals surface area contributed by atoms with Crippen LogP contribution in [0.4, 0.5) is 0 Å². The summed E-state index contributed by atoms with van der Waals surface area (Å²) in [5.41, 5.74) is 10.7. The number of hydrogen-bond donors (Lipinski definition) is 0. The van der Waals surface area contributed by atoms with Gasteiger partial charge in [0.25, 0.3) is 0 Å². The molecule has 0 spiro atoms. The van der Waals surface area contributed by atoms with Crippen LogP contribution >= 0.6 is 0 Å². The van der Waals surface area contributed by atoms with E-state index in [1.807, 2.05) is 74.8 Å². The molecule has 4 heterocycles. The van der Waals surface area contributed by atoms with Crippen molar-refractivity contribution >= 4 is 32.8 Å². The van der Waals surface area contributed by atoms with Crippen LogP contribution in [-0.4, -0.2) is 15.0 Å². The maximum atomic E-state index is 6.17. The Labute approximate surface area is 276 Å². The molecule has 45 heavy (non-hydrogen) atoms. The topological polar surface area (TPSA) is 51.8 Å². The number of pyridine rings is 3. The molecule has 0 atom stereocenters. The molecule has 0 bridgehead atoms. The molecule has 0 amide bonds. The summed E-state index contributed by atoms with van der Waals surface area (Å²) in [6.45, 7) is 6.10. The van der Waals surface area contributed by atoms with E-state index in [1.54, 1.807) is 0 Å². The van der Waals surface area contributed by atoms with Crippen LogP contribution in [0.3, 0.4) is 0 Å². The van der Waals surface area contributed by atoms with Crippen LogP contribution in [0.15, 0.2) is 126 Å². The Bertz CT molecular complexity index is 2260. The predicted octanol–water partition coefficient (Wildman–Crippen LogP) is 10.1. The van der Waals surface area contributed by atoms with Gasteiger partial charge in [-0.25, -0.2) is 4.98 Å². The second kappa shape index (κ2) is 13.0. The number of hydrogen-bond acceptors (Lipinski definition) is 4. The SMILES string of the molecule is Cc1ccc(-c2[c-]cccc2)nc1.Cc1ccc2c(n1)oc1c(-c3cc(-c4ccc5ccccc5c4)c(C)cn3)[c-]ccc12.[Ir]. The maximum Gasteiger partial charge on any atom is 0.216 e. The predicted molar refractivity (Wildman–Crippen MR) is 179 cm³/mol. The van der Waals surface area contributed by atoms with Gasteiger partial charge in [0, 0.05) is 43.6 Å². The van der Waals surface area contributed by atoms with Crippen molar-refractivity contribution in [2.24, 2.45) is 0 Å². The molecule has 221 valence electrons. The Morgan fingerprint density at radius 3 is 2.27 bits per heavy atom. The summed E-state index contributed by atoms with van der Waals surface area (Å²) in [5.74, 6) is 0. The van der Waals surface area contributed by atoms with Crippen molar-refractivity contribution in [1.82, 2.24) is 15.0 Å². The number of rotatable bonds is 3. The fourth-order valence-electron chi connectivity index (χ4n) is 5.41. The summed E-state index contributed by atoms with van der Waals surface area (Å²) in [7, 11) is 0. The third-order valence-corrected chi connectivity index (χ3v) is 7.75. The fourth-order valence-corrected chi connectivity index (χ4v) is 5.41. The number of benzene rings is 4. The molecule has 4 aromatic heterocycles. The number of fused-ring (bicyclic) bond motifs is 4. The van der Waals surface area contributed by atoms with Crippen LogP contribution in [0.5, 0.6) is 0 Å². The van der Waals surface area contributed by atoms with E-state index in [2.05, 4.69) is 89.7 Å². The van der Waals surface area contributed by atoms with Gasteiger partial charge in [-0.2, -0.15) is 0 Å². The molecule has 0 fully saturated rings. The summed E-state index contributed by atoms with van der Waals surface area (Å²) in [4.78, 5) is 13.6. The molecule has 0 saturated heterocycles. The van der Waals surface area contributed by atoms with Gasteiger partial charge in [-0.15, -0.1) is 54.1 Å². The molecule has 0 unspecified atom stereocenters. The van der Waals surface area contributed by atoms with Gasteiger partial charge in [0.1, 0.15) is 0 Å². The average molecular weight is 760 g/mol. The second-order valence-corrected chi connectivity index (χ2v) is 10.9. The molecule has 4 nitrogen and oxygen atoms in total. The van der Waals surface area contributed by atoms with E-state index < -0.39 is 0 Å². The van der Waals surface area contributed by atoms with Gasteiger partial charge in [0.15, 0.2) is 0 Å². The Morgan fingerprint density at radius 2 is 1.47 bits per heavy atom. The van der Waals surface area contributed by atoms with Crippen molar-refractivity contribution in [2.45, 2.75) is 20.8 Å². The third kappa shape index (κ3) is 6.19. The van der Waals surface area contributed by atoms with Gasteiger partial charge >= 0.3 is 0 Å². The fraction of sp³-hybridized carbons (Fsp3) is 0.0750. The first kappa shape index (κ1) is 30.1. The summed E-state index contributed by atoms with van der Waals surface area (Å²) in [6, 6.07) is 43.6. The quantitative estimate of drug-likeness (QED) is 0.168. The van der Waals surface area contributed by atoms with Crippen molar-refractivity contribution in [2.75, 3.05) is 0 Å². The van der Waals surface area contributed by atoms with Crippen LogP contribution in [0.1, 0.15) is 16.8 Å². The van der Waals surface area contributed by atoms with E-state index in [9.17, 15) is 0 Å². The molecule has 0 saturated carbocycles. The minimum atomic E-state index is 0. The molecule has 8 rings (SSSR count). The van der Waals surface area contributed by atoms with Crippen LogP contribution in [0.25, 0.3) is 66.5 Å². The summed E-state index contributed by atoms with van der Waals surface area (Å²) in [6.07, 6.45) is 3.80. The second-order valence-electron chi connectivity index (χ2n) is 10.9. The average Bonchev–Trinajstić information content (AvgIpc) is 3.44.